The lowest BCUT2D eigenvalue weighted by Crippen LogP contribution is -2.39. The van der Waals surface area contributed by atoms with Crippen LogP contribution in [0.1, 0.15) is 66.7 Å². The van der Waals surface area contributed by atoms with E-state index in [0.29, 0.717) is 40.0 Å². The van der Waals surface area contributed by atoms with Crippen molar-refractivity contribution >= 4 is 28.7 Å². The van der Waals surface area contributed by atoms with Gasteiger partial charge in [0.15, 0.2) is 10.8 Å². The minimum Gasteiger partial charge on any atom is -0.369 e. The molecule has 0 spiro atoms. The lowest BCUT2D eigenvalue weighted by Gasteiger charge is -2.35. The third-order valence-electron chi connectivity index (χ3n) is 7.72. The topological polar surface area (TPSA) is 107 Å². The van der Waals surface area contributed by atoms with Crippen LogP contribution in [0, 0.1) is 5.92 Å². The van der Waals surface area contributed by atoms with Crippen LogP contribution in [0.3, 0.4) is 0 Å². The van der Waals surface area contributed by atoms with Crippen LogP contribution in [0.15, 0.2) is 36.5 Å². The van der Waals surface area contributed by atoms with Crippen LogP contribution in [-0.4, -0.2) is 59.5 Å². The molecule has 14 heteroatoms. The number of pyridine rings is 1. The van der Waals surface area contributed by atoms with Gasteiger partial charge in [0.1, 0.15) is 17.8 Å². The van der Waals surface area contributed by atoms with E-state index in [-0.39, 0.29) is 31.6 Å². The predicted molar refractivity (Wildman–Crippen MR) is 142 cm³/mol. The highest BCUT2D eigenvalue weighted by Crippen LogP contribution is 2.41. The van der Waals surface area contributed by atoms with E-state index >= 15 is 0 Å². The Morgan fingerprint density at radius 3 is 2.55 bits per heavy atom. The molecule has 3 fully saturated rings. The molecule has 0 unspecified atom stereocenters. The summed E-state index contributed by atoms with van der Waals surface area (Å²) < 4.78 is 43.6. The lowest BCUT2D eigenvalue weighted by molar-refractivity contribution is -0.179. The molecular formula is C26H26F3N9OS. The molecule has 4 aromatic heterocycles. The van der Waals surface area contributed by atoms with Crippen molar-refractivity contribution in [2.75, 3.05) is 23.3 Å². The van der Waals surface area contributed by atoms with Crippen molar-refractivity contribution in [1.29, 1.82) is 0 Å². The number of alkyl halides is 3. The summed E-state index contributed by atoms with van der Waals surface area (Å²) in [5.74, 6) is -0.247. The van der Waals surface area contributed by atoms with E-state index in [0.717, 1.165) is 31.4 Å². The Morgan fingerprint density at radius 2 is 1.82 bits per heavy atom. The molecule has 0 atom stereocenters. The molecule has 5 heterocycles. The Morgan fingerprint density at radius 1 is 1.02 bits per heavy atom. The summed E-state index contributed by atoms with van der Waals surface area (Å²) >= 11 is 1.37. The van der Waals surface area contributed by atoms with Crippen LogP contribution in [0.25, 0.3) is 16.5 Å². The van der Waals surface area contributed by atoms with Crippen molar-refractivity contribution in [3.63, 3.8) is 0 Å². The third-order valence-corrected chi connectivity index (χ3v) is 8.56. The van der Waals surface area contributed by atoms with Gasteiger partial charge < -0.3 is 19.4 Å². The van der Waals surface area contributed by atoms with E-state index in [9.17, 15) is 18.0 Å². The van der Waals surface area contributed by atoms with Gasteiger partial charge in [-0.1, -0.05) is 0 Å². The minimum atomic E-state index is -4.19. The molecule has 4 aromatic rings. The maximum Gasteiger partial charge on any atom is 0.391 e. The number of thiazole rings is 1. The zero-order valence-electron chi connectivity index (χ0n) is 21.4. The predicted octanol–water partition coefficient (Wildman–Crippen LogP) is 5.23. The van der Waals surface area contributed by atoms with Gasteiger partial charge in [0.25, 0.3) is 5.91 Å². The number of hydrogen-bond donors (Lipinski definition) is 1. The first-order valence-corrected chi connectivity index (χ1v) is 14.2. The zero-order chi connectivity index (χ0) is 27.4. The van der Waals surface area contributed by atoms with Crippen molar-refractivity contribution < 1.29 is 18.0 Å². The van der Waals surface area contributed by atoms with Crippen LogP contribution in [0.2, 0.25) is 0 Å². The highest BCUT2D eigenvalue weighted by atomic mass is 32.1. The number of anilines is 2. The van der Waals surface area contributed by atoms with Gasteiger partial charge in [0.2, 0.25) is 0 Å². The highest BCUT2D eigenvalue weighted by molar-refractivity contribution is 7.13. The fourth-order valence-electron chi connectivity index (χ4n) is 5.15. The normalized spacial score (nSPS) is 18.3. The molecule has 1 amide bonds. The summed E-state index contributed by atoms with van der Waals surface area (Å²) in [5.41, 5.74) is 2.47. The van der Waals surface area contributed by atoms with Crippen molar-refractivity contribution in [3.8, 4) is 16.5 Å². The molecule has 7 rings (SSSR count). The molecule has 3 aliphatic rings. The number of halogens is 3. The van der Waals surface area contributed by atoms with E-state index in [1.54, 1.807) is 30.3 Å². The molecule has 0 radical (unpaired) electrons. The summed E-state index contributed by atoms with van der Waals surface area (Å²) in [6.45, 7) is 0.503. The third kappa shape index (κ3) is 4.95. The SMILES string of the molecule is O=C(Nc1csc(-c2nncn2C2CC2)n1)c1cc(-n2cnc(C3CC3)c2)c(N2CCC(C(F)(F)F)CC2)cn1. The second-order valence-electron chi connectivity index (χ2n) is 10.6. The quantitative estimate of drug-likeness (QED) is 0.325. The van der Waals surface area contributed by atoms with Gasteiger partial charge in [0, 0.05) is 36.6 Å². The number of piperidine rings is 1. The van der Waals surface area contributed by atoms with E-state index in [4.69, 9.17) is 0 Å². The fraction of sp³-hybridized carbons (Fsp3) is 0.462. The van der Waals surface area contributed by atoms with Crippen molar-refractivity contribution in [1.82, 2.24) is 34.3 Å². The number of aromatic nitrogens is 7. The number of carbonyl (C=O) groups excluding carboxylic acids is 1. The number of imidazole rings is 1. The van der Waals surface area contributed by atoms with Crippen molar-refractivity contribution in [2.45, 2.75) is 56.7 Å². The van der Waals surface area contributed by atoms with Gasteiger partial charge in [-0.25, -0.2) is 15.0 Å². The zero-order valence-corrected chi connectivity index (χ0v) is 22.2. The van der Waals surface area contributed by atoms with Gasteiger partial charge >= 0.3 is 6.18 Å². The van der Waals surface area contributed by atoms with Crippen LogP contribution >= 0.6 is 11.3 Å². The van der Waals surface area contributed by atoms with E-state index in [1.165, 1.54) is 11.3 Å². The summed E-state index contributed by atoms with van der Waals surface area (Å²) in [6.07, 6.45) is 7.09. The standard InChI is InChI=1S/C26H26F3N9OS/c27-26(28,29)16-5-7-36(8-6-16)21-10-30-18(9-20(21)37-11-19(31-13-37)15-1-2-15)24(39)33-22-12-40-25(34-22)23-35-32-14-38(23)17-3-4-17/h9-17H,1-8H2,(H,33,39). The number of rotatable bonds is 7. The summed E-state index contributed by atoms with van der Waals surface area (Å²) in [6, 6.07) is 2.06. The van der Waals surface area contributed by atoms with Crippen LogP contribution in [0.4, 0.5) is 24.7 Å². The molecule has 0 aromatic carbocycles. The van der Waals surface area contributed by atoms with E-state index in [2.05, 4.69) is 30.5 Å². The first-order valence-electron chi connectivity index (χ1n) is 13.4. The van der Waals surface area contributed by atoms with Gasteiger partial charge in [-0.05, 0) is 44.6 Å². The summed E-state index contributed by atoms with van der Waals surface area (Å²) in [4.78, 5) is 28.6. The molecule has 40 heavy (non-hydrogen) atoms. The molecule has 10 nitrogen and oxygen atoms in total. The lowest BCUT2D eigenvalue weighted by atomic mass is 9.96. The number of nitrogens with one attached hydrogen (secondary N) is 1. The second-order valence-corrected chi connectivity index (χ2v) is 11.5. The molecule has 2 aliphatic carbocycles. The first-order chi connectivity index (χ1) is 19.3. The molecular weight excluding hydrogens is 543 g/mol. The Kier molecular flexibility index (Phi) is 6.09. The van der Waals surface area contributed by atoms with Crippen molar-refractivity contribution in [2.24, 2.45) is 5.92 Å². The Balaban J connectivity index is 1.14. The average molecular weight is 570 g/mol. The van der Waals surface area contributed by atoms with Crippen LogP contribution < -0.4 is 10.2 Å². The fourth-order valence-corrected chi connectivity index (χ4v) is 5.89. The van der Waals surface area contributed by atoms with Gasteiger partial charge in [-0.3, -0.25) is 4.79 Å². The first kappa shape index (κ1) is 25.2. The molecule has 1 saturated heterocycles. The Labute approximate surface area is 231 Å². The van der Waals surface area contributed by atoms with Crippen LogP contribution in [0.5, 0.6) is 0 Å². The minimum absolute atomic E-state index is 0.0170. The second kappa shape index (κ2) is 9.68. The number of nitrogens with zero attached hydrogens (tertiary/aromatic N) is 8. The van der Waals surface area contributed by atoms with Gasteiger partial charge in [-0.15, -0.1) is 21.5 Å². The number of hydrogen-bond acceptors (Lipinski definition) is 8. The maximum absolute atomic E-state index is 13.3. The molecule has 208 valence electrons. The van der Waals surface area contributed by atoms with Gasteiger partial charge in [0.05, 0.1) is 35.5 Å². The van der Waals surface area contributed by atoms with Gasteiger partial charge in [-0.2, -0.15) is 13.2 Å². The van der Waals surface area contributed by atoms with Crippen LogP contribution in [-0.2, 0) is 0 Å². The summed E-state index contributed by atoms with van der Waals surface area (Å²) in [5, 5.41) is 13.4. The van der Waals surface area contributed by atoms with E-state index < -0.39 is 18.0 Å². The monoisotopic (exact) mass is 569 g/mol. The highest BCUT2D eigenvalue weighted by Gasteiger charge is 2.41. The maximum atomic E-state index is 13.3. The molecule has 1 aliphatic heterocycles. The molecule has 2 saturated carbocycles. The largest absolute Gasteiger partial charge is 0.391 e. The molecule has 0 bridgehead atoms. The smallest absolute Gasteiger partial charge is 0.369 e. The van der Waals surface area contributed by atoms with Crippen molar-refractivity contribution in [3.05, 3.63) is 47.9 Å². The summed E-state index contributed by atoms with van der Waals surface area (Å²) in [7, 11) is 0. The molecule has 1 N–H and O–H groups in total. The number of carbonyl (C=O) groups is 1. The Hall–Kier alpha value is -3.81. The Bertz CT molecular complexity index is 1540. The van der Waals surface area contributed by atoms with E-state index in [1.807, 2.05) is 20.2 Å². The number of amides is 1. The average Bonchev–Trinajstić information content (AvgIpc) is 3.82.